The number of ether oxygens (including phenoxy) is 2. The third kappa shape index (κ3) is 6.35. The summed E-state index contributed by atoms with van der Waals surface area (Å²) in [4.78, 5) is 0.137. The maximum absolute atomic E-state index is 12.7. The highest BCUT2D eigenvalue weighted by atomic mass is 32.2. The van der Waals surface area contributed by atoms with Crippen LogP contribution in [0, 0.1) is 0 Å². The first-order chi connectivity index (χ1) is 15.4. The molecule has 3 aromatic carbocycles. The molecule has 0 radical (unpaired) electrons. The SMILES string of the molecule is CCOc1ccc(NS(=O)(=O)c2ccc(NC(=S)Nc3ccccc3OCC)cc2)cc1. The monoisotopic (exact) mass is 471 g/mol. The Morgan fingerprint density at radius 3 is 2.09 bits per heavy atom. The average molecular weight is 472 g/mol. The lowest BCUT2D eigenvalue weighted by molar-refractivity contribution is 0.340. The second-order valence-corrected chi connectivity index (χ2v) is 8.69. The van der Waals surface area contributed by atoms with Crippen molar-refractivity contribution in [3.8, 4) is 11.5 Å². The third-order valence-corrected chi connectivity index (χ3v) is 5.88. The van der Waals surface area contributed by atoms with Gasteiger partial charge in [0.25, 0.3) is 10.0 Å². The summed E-state index contributed by atoms with van der Waals surface area (Å²) in [7, 11) is -3.73. The first-order valence-corrected chi connectivity index (χ1v) is 12.0. The van der Waals surface area contributed by atoms with Crippen molar-refractivity contribution in [3.05, 3.63) is 72.8 Å². The van der Waals surface area contributed by atoms with Gasteiger partial charge < -0.3 is 20.1 Å². The van der Waals surface area contributed by atoms with Crippen molar-refractivity contribution >= 4 is 44.4 Å². The molecule has 9 heteroatoms. The Balaban J connectivity index is 1.63. The Labute approximate surface area is 193 Å². The molecule has 0 bridgehead atoms. The van der Waals surface area contributed by atoms with Crippen LogP contribution in [0.4, 0.5) is 17.1 Å². The van der Waals surface area contributed by atoms with Crippen LogP contribution in [0.3, 0.4) is 0 Å². The van der Waals surface area contributed by atoms with Crippen LogP contribution < -0.4 is 24.8 Å². The highest BCUT2D eigenvalue weighted by molar-refractivity contribution is 7.92. The molecule has 0 saturated carbocycles. The van der Waals surface area contributed by atoms with Gasteiger partial charge in [-0.1, -0.05) is 12.1 Å². The molecule has 0 saturated heterocycles. The summed E-state index contributed by atoms with van der Waals surface area (Å²) in [5.41, 5.74) is 1.84. The Hall–Kier alpha value is -3.30. The predicted octanol–water partition coefficient (Wildman–Crippen LogP) is 5.09. The summed E-state index contributed by atoms with van der Waals surface area (Å²) in [5, 5.41) is 6.49. The number of hydrogen-bond donors (Lipinski definition) is 3. The number of hydrogen-bond acceptors (Lipinski definition) is 5. The number of para-hydroxylation sites is 2. The molecule has 7 nitrogen and oxygen atoms in total. The molecule has 0 aliphatic rings. The molecule has 3 N–H and O–H groups in total. The smallest absolute Gasteiger partial charge is 0.261 e. The van der Waals surface area contributed by atoms with Crippen LogP contribution in [0.5, 0.6) is 11.5 Å². The van der Waals surface area contributed by atoms with Crippen molar-refractivity contribution in [1.82, 2.24) is 0 Å². The summed E-state index contributed by atoms with van der Waals surface area (Å²) in [5.74, 6) is 1.38. The molecular weight excluding hydrogens is 446 g/mol. The molecule has 0 aliphatic carbocycles. The van der Waals surface area contributed by atoms with Crippen molar-refractivity contribution in [2.45, 2.75) is 18.7 Å². The van der Waals surface area contributed by atoms with Crippen molar-refractivity contribution in [1.29, 1.82) is 0 Å². The van der Waals surface area contributed by atoms with Crippen LogP contribution >= 0.6 is 12.2 Å². The summed E-state index contributed by atoms with van der Waals surface area (Å²) in [6.07, 6.45) is 0. The van der Waals surface area contributed by atoms with Crippen molar-refractivity contribution in [2.24, 2.45) is 0 Å². The summed E-state index contributed by atoms with van der Waals surface area (Å²) < 4.78 is 38.8. The van der Waals surface area contributed by atoms with E-state index in [2.05, 4.69) is 15.4 Å². The van der Waals surface area contributed by atoms with E-state index in [4.69, 9.17) is 21.7 Å². The molecule has 0 unspecified atom stereocenters. The van der Waals surface area contributed by atoms with E-state index in [9.17, 15) is 8.42 Å². The fourth-order valence-electron chi connectivity index (χ4n) is 2.85. The van der Waals surface area contributed by atoms with Crippen LogP contribution in [0.1, 0.15) is 13.8 Å². The van der Waals surface area contributed by atoms with Gasteiger partial charge >= 0.3 is 0 Å². The third-order valence-electron chi connectivity index (χ3n) is 4.28. The Kier molecular flexibility index (Phi) is 7.91. The molecule has 0 atom stereocenters. The van der Waals surface area contributed by atoms with Gasteiger partial charge in [-0.05, 0) is 86.7 Å². The molecule has 0 fully saturated rings. The minimum atomic E-state index is -3.73. The molecule has 0 heterocycles. The normalized spacial score (nSPS) is 10.8. The topological polar surface area (TPSA) is 88.7 Å². The summed E-state index contributed by atoms with van der Waals surface area (Å²) >= 11 is 5.37. The average Bonchev–Trinajstić information content (AvgIpc) is 2.77. The number of nitrogens with one attached hydrogen (secondary N) is 3. The second kappa shape index (κ2) is 10.8. The largest absolute Gasteiger partial charge is 0.494 e. The first kappa shape index (κ1) is 23.4. The second-order valence-electron chi connectivity index (χ2n) is 6.60. The van der Waals surface area contributed by atoms with Gasteiger partial charge in [0.1, 0.15) is 11.5 Å². The van der Waals surface area contributed by atoms with E-state index < -0.39 is 10.0 Å². The van der Waals surface area contributed by atoms with Gasteiger partial charge in [-0.25, -0.2) is 8.42 Å². The van der Waals surface area contributed by atoms with E-state index in [0.29, 0.717) is 41.2 Å². The molecule has 32 heavy (non-hydrogen) atoms. The molecule has 3 aromatic rings. The molecule has 0 aromatic heterocycles. The fraction of sp³-hybridized carbons (Fsp3) is 0.174. The van der Waals surface area contributed by atoms with E-state index in [1.54, 1.807) is 36.4 Å². The number of rotatable bonds is 9. The zero-order valence-corrected chi connectivity index (χ0v) is 19.4. The van der Waals surface area contributed by atoms with Gasteiger partial charge in [0.2, 0.25) is 0 Å². The van der Waals surface area contributed by atoms with Gasteiger partial charge in [0.15, 0.2) is 5.11 Å². The van der Waals surface area contributed by atoms with E-state index in [0.717, 1.165) is 5.69 Å². The van der Waals surface area contributed by atoms with Crippen LogP contribution in [0.15, 0.2) is 77.7 Å². The van der Waals surface area contributed by atoms with Crippen LogP contribution in [-0.4, -0.2) is 26.7 Å². The number of anilines is 3. The fourth-order valence-corrected chi connectivity index (χ4v) is 4.14. The molecular formula is C23H25N3O4S2. The quantitative estimate of drug-likeness (QED) is 0.375. The molecule has 3 rings (SSSR count). The van der Waals surface area contributed by atoms with Crippen LogP contribution in [0.25, 0.3) is 0 Å². The van der Waals surface area contributed by atoms with Gasteiger partial charge in [-0.2, -0.15) is 0 Å². The zero-order valence-electron chi connectivity index (χ0n) is 17.8. The van der Waals surface area contributed by atoms with Crippen molar-refractivity contribution < 1.29 is 17.9 Å². The van der Waals surface area contributed by atoms with Crippen molar-refractivity contribution in [3.63, 3.8) is 0 Å². The lowest BCUT2D eigenvalue weighted by Crippen LogP contribution is -2.19. The van der Waals surface area contributed by atoms with Gasteiger partial charge in [0.05, 0.1) is 23.8 Å². The van der Waals surface area contributed by atoms with E-state index in [1.807, 2.05) is 38.1 Å². The maximum atomic E-state index is 12.7. The molecule has 0 spiro atoms. The predicted molar refractivity (Wildman–Crippen MR) is 132 cm³/mol. The number of sulfonamides is 1. The van der Waals surface area contributed by atoms with E-state index >= 15 is 0 Å². The summed E-state index contributed by atoms with van der Waals surface area (Å²) in [6.45, 7) is 4.88. The number of benzene rings is 3. The molecule has 0 aliphatic heterocycles. The zero-order chi connectivity index (χ0) is 23.0. The van der Waals surface area contributed by atoms with Crippen LogP contribution in [0.2, 0.25) is 0 Å². The number of thiocarbonyl (C=S) groups is 1. The highest BCUT2D eigenvalue weighted by Crippen LogP contribution is 2.24. The lowest BCUT2D eigenvalue weighted by atomic mass is 10.3. The lowest BCUT2D eigenvalue weighted by Gasteiger charge is -2.14. The molecule has 168 valence electrons. The first-order valence-electron chi connectivity index (χ1n) is 10.1. The minimum absolute atomic E-state index is 0.137. The summed E-state index contributed by atoms with van der Waals surface area (Å²) in [6, 6.07) is 20.5. The maximum Gasteiger partial charge on any atom is 0.261 e. The van der Waals surface area contributed by atoms with Crippen LogP contribution in [-0.2, 0) is 10.0 Å². The Morgan fingerprint density at radius 2 is 1.44 bits per heavy atom. The standard InChI is InChI=1S/C23H25N3O4S2/c1-3-29-19-13-9-18(10-14-19)26-32(27,28)20-15-11-17(12-16-20)24-23(31)25-21-7-5-6-8-22(21)30-4-2/h5-16,26H,3-4H2,1-2H3,(H2,24,25,31). The van der Waals surface area contributed by atoms with E-state index in [-0.39, 0.29) is 4.90 Å². The Bertz CT molecular complexity index is 1150. The van der Waals surface area contributed by atoms with Gasteiger partial charge in [0, 0.05) is 11.4 Å². The van der Waals surface area contributed by atoms with Gasteiger partial charge in [-0.15, -0.1) is 0 Å². The van der Waals surface area contributed by atoms with E-state index in [1.165, 1.54) is 12.1 Å². The van der Waals surface area contributed by atoms with Gasteiger partial charge in [-0.3, -0.25) is 4.72 Å². The highest BCUT2D eigenvalue weighted by Gasteiger charge is 2.14. The van der Waals surface area contributed by atoms with Crippen molar-refractivity contribution in [2.75, 3.05) is 28.6 Å². The Morgan fingerprint density at radius 1 is 0.812 bits per heavy atom. The molecule has 0 amide bonds. The minimum Gasteiger partial charge on any atom is -0.494 e.